The number of fused-ring (bicyclic) bond motifs is 1. The van der Waals surface area contributed by atoms with E-state index in [1.165, 1.54) is 28.8 Å². The molecule has 0 aliphatic carbocycles. The summed E-state index contributed by atoms with van der Waals surface area (Å²) in [6.45, 7) is 8.94. The summed E-state index contributed by atoms with van der Waals surface area (Å²) < 4.78 is 13.0. The molecule has 1 heterocycles. The summed E-state index contributed by atoms with van der Waals surface area (Å²) in [7, 11) is 0. The Kier molecular flexibility index (Phi) is 3.89. The molecule has 1 aliphatic heterocycles. The van der Waals surface area contributed by atoms with Gasteiger partial charge in [-0.1, -0.05) is 36.4 Å². The van der Waals surface area contributed by atoms with Gasteiger partial charge in [-0.15, -0.1) is 0 Å². The SMILES string of the molecule is C=C(C)c1ccc2c(c1)CN(Cc1ccc(F)cc1)CC2. The number of hydrogen-bond donors (Lipinski definition) is 0. The lowest BCUT2D eigenvalue weighted by molar-refractivity contribution is 0.245. The van der Waals surface area contributed by atoms with Crippen LogP contribution in [0.15, 0.2) is 49.0 Å². The second-order valence-corrected chi connectivity index (χ2v) is 5.85. The molecule has 0 atom stereocenters. The molecule has 0 spiro atoms. The van der Waals surface area contributed by atoms with E-state index in [4.69, 9.17) is 0 Å². The third-order valence-electron chi connectivity index (χ3n) is 4.11. The average Bonchev–Trinajstić information content (AvgIpc) is 2.49. The molecule has 0 amide bonds. The Morgan fingerprint density at radius 2 is 1.90 bits per heavy atom. The van der Waals surface area contributed by atoms with Gasteiger partial charge < -0.3 is 0 Å². The van der Waals surface area contributed by atoms with E-state index >= 15 is 0 Å². The summed E-state index contributed by atoms with van der Waals surface area (Å²) in [6, 6.07) is 13.5. The van der Waals surface area contributed by atoms with E-state index in [2.05, 4.69) is 29.7 Å². The third kappa shape index (κ3) is 3.22. The van der Waals surface area contributed by atoms with Gasteiger partial charge in [0.25, 0.3) is 0 Å². The molecule has 0 saturated carbocycles. The first kappa shape index (κ1) is 14.0. The van der Waals surface area contributed by atoms with Crippen LogP contribution in [0.5, 0.6) is 0 Å². The van der Waals surface area contributed by atoms with E-state index in [0.717, 1.165) is 37.2 Å². The maximum Gasteiger partial charge on any atom is 0.123 e. The van der Waals surface area contributed by atoms with Crippen molar-refractivity contribution < 1.29 is 4.39 Å². The molecule has 0 bridgehead atoms. The van der Waals surface area contributed by atoms with Crippen LogP contribution in [0.2, 0.25) is 0 Å². The second kappa shape index (κ2) is 5.82. The molecule has 0 aromatic heterocycles. The Morgan fingerprint density at radius 3 is 2.62 bits per heavy atom. The highest BCUT2D eigenvalue weighted by atomic mass is 19.1. The summed E-state index contributed by atoms with van der Waals surface area (Å²) in [4.78, 5) is 2.41. The summed E-state index contributed by atoms with van der Waals surface area (Å²) in [5.41, 5.74) is 6.32. The number of hydrogen-bond acceptors (Lipinski definition) is 1. The third-order valence-corrected chi connectivity index (χ3v) is 4.11. The molecule has 2 aromatic carbocycles. The van der Waals surface area contributed by atoms with Gasteiger partial charge >= 0.3 is 0 Å². The largest absolute Gasteiger partial charge is 0.294 e. The normalized spacial score (nSPS) is 14.8. The first-order chi connectivity index (χ1) is 10.1. The topological polar surface area (TPSA) is 3.24 Å². The van der Waals surface area contributed by atoms with Gasteiger partial charge in [0, 0.05) is 19.6 Å². The molecule has 0 radical (unpaired) electrons. The van der Waals surface area contributed by atoms with E-state index in [-0.39, 0.29) is 5.82 Å². The van der Waals surface area contributed by atoms with Gasteiger partial charge in [0.1, 0.15) is 5.82 Å². The number of allylic oxidation sites excluding steroid dienone is 1. The lowest BCUT2D eigenvalue weighted by atomic mass is 9.95. The summed E-state index contributed by atoms with van der Waals surface area (Å²) in [5, 5.41) is 0. The summed E-state index contributed by atoms with van der Waals surface area (Å²) in [5.74, 6) is -0.172. The van der Waals surface area contributed by atoms with Crippen molar-refractivity contribution in [2.75, 3.05) is 6.54 Å². The minimum absolute atomic E-state index is 0.172. The maximum atomic E-state index is 13.0. The van der Waals surface area contributed by atoms with Crippen molar-refractivity contribution in [2.24, 2.45) is 0 Å². The van der Waals surface area contributed by atoms with Crippen LogP contribution >= 0.6 is 0 Å². The number of rotatable bonds is 3. The van der Waals surface area contributed by atoms with E-state index in [0.29, 0.717) is 0 Å². The van der Waals surface area contributed by atoms with Crippen molar-refractivity contribution in [3.63, 3.8) is 0 Å². The second-order valence-electron chi connectivity index (χ2n) is 5.85. The predicted octanol–water partition coefficient (Wildman–Crippen LogP) is 4.42. The van der Waals surface area contributed by atoms with Crippen molar-refractivity contribution in [1.29, 1.82) is 0 Å². The quantitative estimate of drug-likeness (QED) is 0.805. The molecule has 0 unspecified atom stereocenters. The van der Waals surface area contributed by atoms with E-state index in [9.17, 15) is 4.39 Å². The zero-order valence-corrected chi connectivity index (χ0v) is 12.4. The fourth-order valence-corrected chi connectivity index (χ4v) is 2.86. The average molecular weight is 281 g/mol. The zero-order valence-electron chi connectivity index (χ0n) is 12.4. The molecule has 3 rings (SSSR count). The Balaban J connectivity index is 1.75. The van der Waals surface area contributed by atoms with E-state index < -0.39 is 0 Å². The fourth-order valence-electron chi connectivity index (χ4n) is 2.86. The Morgan fingerprint density at radius 1 is 1.14 bits per heavy atom. The monoisotopic (exact) mass is 281 g/mol. The predicted molar refractivity (Wildman–Crippen MR) is 85.4 cm³/mol. The van der Waals surface area contributed by atoms with Crippen molar-refractivity contribution in [1.82, 2.24) is 4.90 Å². The van der Waals surface area contributed by atoms with Crippen LogP contribution in [0, 0.1) is 5.82 Å². The molecule has 2 heteroatoms. The fraction of sp³-hybridized carbons (Fsp3) is 0.263. The highest BCUT2D eigenvalue weighted by molar-refractivity contribution is 5.62. The molecule has 21 heavy (non-hydrogen) atoms. The minimum atomic E-state index is -0.172. The highest BCUT2D eigenvalue weighted by Crippen LogP contribution is 2.24. The highest BCUT2D eigenvalue weighted by Gasteiger charge is 2.16. The molecule has 0 saturated heterocycles. The molecular formula is C19H20FN. The first-order valence-corrected chi connectivity index (χ1v) is 7.36. The Bertz CT molecular complexity index is 658. The van der Waals surface area contributed by atoms with Gasteiger partial charge in [0.2, 0.25) is 0 Å². The molecular weight excluding hydrogens is 261 g/mol. The van der Waals surface area contributed by atoms with Crippen LogP contribution in [0.25, 0.3) is 5.57 Å². The van der Waals surface area contributed by atoms with Crippen LogP contribution in [-0.4, -0.2) is 11.4 Å². The van der Waals surface area contributed by atoms with Crippen molar-refractivity contribution >= 4 is 5.57 Å². The van der Waals surface area contributed by atoms with Crippen molar-refractivity contribution in [2.45, 2.75) is 26.4 Å². The number of benzene rings is 2. The lowest BCUT2D eigenvalue weighted by Crippen LogP contribution is -2.30. The Labute approximate surface area is 125 Å². The number of nitrogens with zero attached hydrogens (tertiary/aromatic N) is 1. The van der Waals surface area contributed by atoms with Gasteiger partial charge in [-0.05, 0) is 53.8 Å². The Hall–Kier alpha value is -1.93. The minimum Gasteiger partial charge on any atom is -0.294 e. The van der Waals surface area contributed by atoms with Crippen molar-refractivity contribution in [3.05, 3.63) is 77.1 Å². The maximum absolute atomic E-state index is 13.0. The smallest absolute Gasteiger partial charge is 0.123 e. The van der Waals surface area contributed by atoms with E-state index in [1.54, 1.807) is 0 Å². The molecule has 0 fully saturated rings. The molecule has 2 aromatic rings. The van der Waals surface area contributed by atoms with Gasteiger partial charge in [-0.2, -0.15) is 0 Å². The standard InChI is InChI=1S/C19H20FN/c1-14(2)17-6-5-16-9-10-21(13-18(16)11-17)12-15-3-7-19(20)8-4-15/h3-8,11H,1,9-10,12-13H2,2H3. The summed E-state index contributed by atoms with van der Waals surface area (Å²) in [6.07, 6.45) is 1.08. The molecule has 1 nitrogen and oxygen atoms in total. The van der Waals surface area contributed by atoms with Gasteiger partial charge in [0.05, 0.1) is 0 Å². The molecule has 108 valence electrons. The van der Waals surface area contributed by atoms with Crippen molar-refractivity contribution in [3.8, 4) is 0 Å². The van der Waals surface area contributed by atoms with E-state index in [1.807, 2.05) is 19.1 Å². The van der Waals surface area contributed by atoms with Crippen LogP contribution in [0.1, 0.15) is 29.2 Å². The number of halogens is 1. The summed E-state index contributed by atoms with van der Waals surface area (Å²) >= 11 is 0. The van der Waals surface area contributed by atoms with Crippen LogP contribution in [0.4, 0.5) is 4.39 Å². The van der Waals surface area contributed by atoms with Crippen LogP contribution in [0.3, 0.4) is 0 Å². The van der Waals surface area contributed by atoms with Gasteiger partial charge in [0.15, 0.2) is 0 Å². The molecule has 1 aliphatic rings. The van der Waals surface area contributed by atoms with Crippen LogP contribution in [-0.2, 0) is 19.5 Å². The lowest BCUT2D eigenvalue weighted by Gasteiger charge is -2.29. The van der Waals surface area contributed by atoms with Gasteiger partial charge in [-0.3, -0.25) is 4.90 Å². The first-order valence-electron chi connectivity index (χ1n) is 7.36. The molecule has 0 N–H and O–H groups in total. The zero-order chi connectivity index (χ0) is 14.8. The van der Waals surface area contributed by atoms with Gasteiger partial charge in [-0.25, -0.2) is 4.39 Å². The van der Waals surface area contributed by atoms with Crippen LogP contribution < -0.4 is 0 Å².